The van der Waals surface area contributed by atoms with Crippen LogP contribution >= 0.6 is 0 Å². The molecule has 1 atom stereocenters. The molecule has 0 aromatic heterocycles. The molecule has 0 saturated carbocycles. The fraction of sp³-hybridized carbons (Fsp3) is 0.500. The molecule has 27 heavy (non-hydrogen) atoms. The Balaban J connectivity index is 1.62. The van der Waals surface area contributed by atoms with E-state index in [2.05, 4.69) is 9.71 Å². The first-order valence-corrected chi connectivity index (χ1v) is 10.4. The number of hydrogen-bond donors (Lipinski definition) is 1. The third-order valence-electron chi connectivity index (χ3n) is 4.75. The Morgan fingerprint density at radius 3 is 2.63 bits per heavy atom. The predicted molar refractivity (Wildman–Crippen MR) is 98.7 cm³/mol. The van der Waals surface area contributed by atoms with Crippen molar-refractivity contribution in [2.75, 3.05) is 19.6 Å². The average molecular weight is 393 g/mol. The maximum Gasteiger partial charge on any atom is 0.309 e. The first kappa shape index (κ1) is 19.3. The van der Waals surface area contributed by atoms with Crippen molar-refractivity contribution in [3.8, 4) is 0 Å². The highest BCUT2D eigenvalue weighted by Gasteiger charge is 2.35. The molecule has 2 aliphatic rings. The third kappa shape index (κ3) is 3.97. The second kappa shape index (κ2) is 7.67. The standard InChI is InChI=1S/C18H23N3O5S/c1-3-19-17(22)12(2)26-18(23)13-8-10-21(11-9-13)16-14-6-4-5-7-15(14)27(24,25)20-16/h4-7,12-13H,3,8-11H2,1-2H3,(H,19,22)/t12-/m0/s1. The lowest BCUT2D eigenvalue weighted by Gasteiger charge is -2.32. The molecule has 3 rings (SSSR count). The lowest BCUT2D eigenvalue weighted by atomic mass is 9.96. The molecular weight excluding hydrogens is 370 g/mol. The van der Waals surface area contributed by atoms with Crippen molar-refractivity contribution in [1.29, 1.82) is 0 Å². The number of sulfonamides is 1. The number of ether oxygens (including phenoxy) is 1. The Morgan fingerprint density at radius 1 is 1.30 bits per heavy atom. The number of carbonyl (C=O) groups excluding carboxylic acids is 2. The average Bonchev–Trinajstić information content (AvgIpc) is 2.93. The molecule has 2 heterocycles. The highest BCUT2D eigenvalue weighted by molar-refractivity contribution is 7.90. The van der Waals surface area contributed by atoms with Gasteiger partial charge < -0.3 is 15.0 Å². The monoisotopic (exact) mass is 393 g/mol. The maximum absolute atomic E-state index is 12.3. The van der Waals surface area contributed by atoms with Gasteiger partial charge in [-0.15, -0.1) is 4.40 Å². The number of rotatable bonds is 4. The second-order valence-corrected chi connectivity index (χ2v) is 8.19. The van der Waals surface area contributed by atoms with Crippen molar-refractivity contribution in [3.63, 3.8) is 0 Å². The van der Waals surface area contributed by atoms with Crippen molar-refractivity contribution in [2.24, 2.45) is 10.3 Å². The zero-order chi connectivity index (χ0) is 19.6. The van der Waals surface area contributed by atoms with Gasteiger partial charge in [0, 0.05) is 25.2 Å². The predicted octanol–water partition coefficient (Wildman–Crippen LogP) is 0.915. The molecule has 9 heteroatoms. The summed E-state index contributed by atoms with van der Waals surface area (Å²) in [5.74, 6) is -0.583. The van der Waals surface area contributed by atoms with Gasteiger partial charge in [-0.3, -0.25) is 9.59 Å². The van der Waals surface area contributed by atoms with E-state index >= 15 is 0 Å². The number of amidine groups is 1. The Bertz CT molecular complexity index is 873. The van der Waals surface area contributed by atoms with E-state index in [1.165, 1.54) is 0 Å². The van der Waals surface area contributed by atoms with E-state index in [4.69, 9.17) is 4.74 Å². The molecule has 0 spiro atoms. The van der Waals surface area contributed by atoms with Gasteiger partial charge in [0.05, 0.1) is 5.92 Å². The van der Waals surface area contributed by atoms with Crippen LogP contribution in [0.15, 0.2) is 33.6 Å². The van der Waals surface area contributed by atoms with Gasteiger partial charge in [-0.2, -0.15) is 8.42 Å². The molecule has 1 aromatic rings. The Morgan fingerprint density at radius 2 is 1.96 bits per heavy atom. The number of hydrogen-bond acceptors (Lipinski definition) is 6. The molecule has 146 valence electrons. The minimum atomic E-state index is -3.65. The molecule has 8 nitrogen and oxygen atoms in total. The summed E-state index contributed by atoms with van der Waals surface area (Å²) in [4.78, 5) is 26.1. The molecule has 1 saturated heterocycles. The number of amides is 1. The van der Waals surface area contributed by atoms with Crippen LogP contribution in [-0.4, -0.2) is 56.8 Å². The van der Waals surface area contributed by atoms with Crippen LogP contribution in [0.1, 0.15) is 32.3 Å². The summed E-state index contributed by atoms with van der Waals surface area (Å²) in [6.45, 7) is 4.82. The van der Waals surface area contributed by atoms with E-state index in [1.807, 2.05) is 4.90 Å². The van der Waals surface area contributed by atoms with E-state index in [9.17, 15) is 18.0 Å². The lowest BCUT2D eigenvalue weighted by Crippen LogP contribution is -2.42. The number of benzene rings is 1. The summed E-state index contributed by atoms with van der Waals surface area (Å²) < 4.78 is 33.6. The van der Waals surface area contributed by atoms with Crippen LogP contribution in [0.2, 0.25) is 0 Å². The summed E-state index contributed by atoms with van der Waals surface area (Å²) in [6, 6.07) is 6.75. The minimum absolute atomic E-state index is 0.220. The Hall–Kier alpha value is -2.42. The van der Waals surface area contributed by atoms with E-state index < -0.39 is 22.1 Å². The van der Waals surface area contributed by atoms with E-state index in [0.29, 0.717) is 43.9 Å². The maximum atomic E-state index is 12.3. The molecular formula is C18H23N3O5S. The van der Waals surface area contributed by atoms with Gasteiger partial charge in [0.15, 0.2) is 11.9 Å². The number of piperidine rings is 1. The molecule has 1 N–H and O–H groups in total. The summed E-state index contributed by atoms with van der Waals surface area (Å²) in [6.07, 6.45) is 0.205. The first-order chi connectivity index (χ1) is 12.8. The topological polar surface area (TPSA) is 105 Å². The lowest BCUT2D eigenvalue weighted by molar-refractivity contribution is -0.159. The molecule has 1 aromatic carbocycles. The number of esters is 1. The van der Waals surface area contributed by atoms with E-state index in [0.717, 1.165) is 0 Å². The molecule has 1 fully saturated rings. The van der Waals surface area contributed by atoms with Crippen LogP contribution in [0, 0.1) is 5.92 Å². The van der Waals surface area contributed by atoms with Gasteiger partial charge in [-0.25, -0.2) is 0 Å². The van der Waals surface area contributed by atoms with Gasteiger partial charge in [0.1, 0.15) is 4.90 Å². The zero-order valence-electron chi connectivity index (χ0n) is 15.3. The number of nitrogens with zero attached hydrogens (tertiary/aromatic N) is 2. The Kier molecular flexibility index (Phi) is 5.50. The first-order valence-electron chi connectivity index (χ1n) is 9.01. The number of likely N-dealkylation sites (tertiary alicyclic amines) is 1. The highest BCUT2D eigenvalue weighted by Crippen LogP contribution is 2.30. The number of carbonyl (C=O) groups is 2. The van der Waals surface area contributed by atoms with Crippen molar-refractivity contribution in [2.45, 2.75) is 37.7 Å². The van der Waals surface area contributed by atoms with Gasteiger partial charge in [0.25, 0.3) is 15.9 Å². The van der Waals surface area contributed by atoms with Crippen LogP contribution in [0.25, 0.3) is 0 Å². The van der Waals surface area contributed by atoms with Gasteiger partial charge >= 0.3 is 5.97 Å². The molecule has 0 aliphatic carbocycles. The summed E-state index contributed by atoms with van der Waals surface area (Å²) in [7, 11) is -3.65. The molecule has 0 bridgehead atoms. The van der Waals surface area contributed by atoms with Gasteiger partial charge in [-0.05, 0) is 38.8 Å². The summed E-state index contributed by atoms with van der Waals surface area (Å²) in [5.41, 5.74) is 0.600. The van der Waals surface area contributed by atoms with Crippen molar-refractivity contribution >= 4 is 27.7 Å². The quantitative estimate of drug-likeness (QED) is 0.763. The number of fused-ring (bicyclic) bond motifs is 1. The van der Waals surface area contributed by atoms with Crippen LogP contribution in [0.4, 0.5) is 0 Å². The van der Waals surface area contributed by atoms with Crippen LogP contribution in [-0.2, 0) is 24.3 Å². The molecule has 2 aliphatic heterocycles. The second-order valence-electron chi connectivity index (χ2n) is 6.62. The fourth-order valence-corrected chi connectivity index (χ4v) is 4.51. The van der Waals surface area contributed by atoms with Crippen molar-refractivity contribution < 1.29 is 22.7 Å². The normalized spacial score (nSPS) is 19.8. The fourth-order valence-electron chi connectivity index (χ4n) is 3.29. The summed E-state index contributed by atoms with van der Waals surface area (Å²) in [5, 5.41) is 2.62. The van der Waals surface area contributed by atoms with E-state index in [-0.39, 0.29) is 16.7 Å². The molecule has 0 radical (unpaired) electrons. The van der Waals surface area contributed by atoms with Gasteiger partial charge in [0.2, 0.25) is 0 Å². The third-order valence-corrected chi connectivity index (χ3v) is 6.08. The Labute approximate surface area is 158 Å². The van der Waals surface area contributed by atoms with Crippen molar-refractivity contribution in [3.05, 3.63) is 29.8 Å². The molecule has 1 amide bonds. The van der Waals surface area contributed by atoms with Crippen LogP contribution in [0.3, 0.4) is 0 Å². The van der Waals surface area contributed by atoms with Crippen LogP contribution in [0.5, 0.6) is 0 Å². The van der Waals surface area contributed by atoms with Crippen LogP contribution < -0.4 is 5.32 Å². The number of nitrogens with one attached hydrogen (secondary N) is 1. The summed E-state index contributed by atoms with van der Waals surface area (Å²) >= 11 is 0. The smallest absolute Gasteiger partial charge is 0.309 e. The van der Waals surface area contributed by atoms with Gasteiger partial charge in [-0.1, -0.05) is 12.1 Å². The minimum Gasteiger partial charge on any atom is -0.452 e. The number of likely N-dealkylation sites (N-methyl/N-ethyl adjacent to an activating group) is 1. The SMILES string of the molecule is CCNC(=O)[C@H](C)OC(=O)C1CCN(C2=NS(=O)(=O)c3ccccc32)CC1. The highest BCUT2D eigenvalue weighted by atomic mass is 32.2. The van der Waals surface area contributed by atoms with E-state index in [1.54, 1.807) is 38.1 Å². The zero-order valence-corrected chi connectivity index (χ0v) is 16.2. The van der Waals surface area contributed by atoms with Crippen molar-refractivity contribution in [1.82, 2.24) is 10.2 Å². The molecule has 0 unspecified atom stereocenters. The largest absolute Gasteiger partial charge is 0.452 e.